The Morgan fingerprint density at radius 1 is 1.14 bits per heavy atom. The van der Waals surface area contributed by atoms with Gasteiger partial charge >= 0.3 is 13.1 Å². The van der Waals surface area contributed by atoms with Crippen LogP contribution in [0, 0.1) is 5.92 Å². The van der Waals surface area contributed by atoms with Crippen molar-refractivity contribution in [2.24, 2.45) is 11.7 Å². The number of nitrogens with zero attached hydrogens (tertiary/aromatic N) is 2. The Balaban J connectivity index is 1.66. The molecule has 188 valence electrons. The van der Waals surface area contributed by atoms with Crippen molar-refractivity contribution in [2.75, 3.05) is 12.4 Å². The molecule has 10 heteroatoms. The van der Waals surface area contributed by atoms with Crippen LogP contribution in [0.2, 0.25) is 0 Å². The molecule has 1 aromatic heterocycles. The van der Waals surface area contributed by atoms with Crippen LogP contribution in [0.3, 0.4) is 0 Å². The maximum atomic E-state index is 12.7. The van der Waals surface area contributed by atoms with E-state index in [0.717, 1.165) is 19.3 Å². The summed E-state index contributed by atoms with van der Waals surface area (Å²) in [6, 6.07) is 5.42. The van der Waals surface area contributed by atoms with Gasteiger partial charge in [0.1, 0.15) is 5.56 Å². The minimum absolute atomic E-state index is 0.216. The molecule has 9 nitrogen and oxygen atoms in total. The second-order valence-electron chi connectivity index (χ2n) is 10.6. The van der Waals surface area contributed by atoms with E-state index >= 15 is 0 Å². The molecule has 1 aliphatic heterocycles. The van der Waals surface area contributed by atoms with Gasteiger partial charge in [0.15, 0.2) is 5.82 Å². The van der Waals surface area contributed by atoms with Gasteiger partial charge in [0.2, 0.25) is 0 Å². The van der Waals surface area contributed by atoms with Gasteiger partial charge in [-0.15, -0.1) is 0 Å². The van der Waals surface area contributed by atoms with Crippen molar-refractivity contribution >= 4 is 36.0 Å². The molecule has 2 atom stereocenters. The fourth-order valence-corrected chi connectivity index (χ4v) is 4.76. The first-order valence-electron chi connectivity index (χ1n) is 12.2. The molecule has 0 unspecified atom stereocenters. The van der Waals surface area contributed by atoms with Crippen LogP contribution in [0.4, 0.5) is 11.5 Å². The highest BCUT2D eigenvalue weighted by Gasteiger charge is 2.52. The molecule has 4 rings (SSSR count). The Kier molecular flexibility index (Phi) is 6.72. The van der Waals surface area contributed by atoms with E-state index in [-0.39, 0.29) is 6.04 Å². The predicted molar refractivity (Wildman–Crippen MR) is 134 cm³/mol. The number of ether oxygens (including phenoxy) is 1. The highest BCUT2D eigenvalue weighted by Crippen LogP contribution is 2.37. The summed E-state index contributed by atoms with van der Waals surface area (Å²) in [6.45, 7) is 10.0. The quantitative estimate of drug-likeness (QED) is 0.478. The number of nitrogens with one attached hydrogen (secondary N) is 1. The standard InChI is InChI=1S/C25H35BN4O5/c1-15-9-7-8-10-20(15)30-14-18(21(27)31)22(29-30)28-16-11-12-19(17(13-16)23(32)33-6)26-34-24(2,3)25(4,5)35-26/h11-15,20H,7-10H2,1-6H3,(H2,27,31)(H,28,29)/t15-,20-/m0/s1. The summed E-state index contributed by atoms with van der Waals surface area (Å²) in [6.07, 6.45) is 6.19. The largest absolute Gasteiger partial charge is 0.495 e. The van der Waals surface area contributed by atoms with Crippen LogP contribution in [0.5, 0.6) is 0 Å². The van der Waals surface area contributed by atoms with Crippen molar-refractivity contribution in [3.8, 4) is 0 Å². The number of hydrogen-bond donors (Lipinski definition) is 2. The number of carbonyl (C=O) groups excluding carboxylic acids is 2. The minimum Gasteiger partial charge on any atom is -0.465 e. The van der Waals surface area contributed by atoms with Gasteiger partial charge < -0.3 is 25.1 Å². The molecule has 0 spiro atoms. The van der Waals surface area contributed by atoms with Gasteiger partial charge in [0.05, 0.1) is 29.9 Å². The molecule has 3 N–H and O–H groups in total. The number of aromatic nitrogens is 2. The Labute approximate surface area is 206 Å². The normalized spacial score (nSPS) is 23.2. The number of methoxy groups -OCH3 is 1. The van der Waals surface area contributed by atoms with E-state index in [9.17, 15) is 9.59 Å². The van der Waals surface area contributed by atoms with Gasteiger partial charge in [0.25, 0.3) is 5.91 Å². The van der Waals surface area contributed by atoms with Crippen molar-refractivity contribution in [2.45, 2.75) is 77.5 Å². The summed E-state index contributed by atoms with van der Waals surface area (Å²) in [5.41, 5.74) is 6.29. The van der Waals surface area contributed by atoms with Gasteiger partial charge in [-0.05, 0) is 64.1 Å². The molecule has 1 aromatic carbocycles. The molecule has 2 aromatic rings. The van der Waals surface area contributed by atoms with Crippen LogP contribution in [0.15, 0.2) is 24.4 Å². The minimum atomic E-state index is -0.726. The predicted octanol–water partition coefficient (Wildman–Crippen LogP) is 3.56. The molecule has 2 aliphatic rings. The summed E-state index contributed by atoms with van der Waals surface area (Å²) in [4.78, 5) is 24.9. The van der Waals surface area contributed by atoms with E-state index < -0.39 is 30.2 Å². The second kappa shape index (κ2) is 9.31. The molecule has 1 amide bonds. The zero-order chi connectivity index (χ0) is 25.5. The third-order valence-corrected chi connectivity index (χ3v) is 7.63. The molecule has 0 radical (unpaired) electrons. The topological polar surface area (TPSA) is 118 Å². The Hall–Kier alpha value is -2.85. The highest BCUT2D eigenvalue weighted by atomic mass is 16.7. The Bertz CT molecular complexity index is 1110. The SMILES string of the molecule is COC(=O)c1cc(Nc2nn([C@H]3CCCC[C@@H]3C)cc2C(N)=O)ccc1B1OC(C)(C)C(C)(C)O1. The number of benzene rings is 1. The average Bonchev–Trinajstić information content (AvgIpc) is 3.30. The summed E-state index contributed by atoms with van der Waals surface area (Å²) in [5, 5.41) is 7.85. The zero-order valence-corrected chi connectivity index (χ0v) is 21.4. The summed E-state index contributed by atoms with van der Waals surface area (Å²) >= 11 is 0. The summed E-state index contributed by atoms with van der Waals surface area (Å²) in [7, 11) is 0.602. The van der Waals surface area contributed by atoms with E-state index in [2.05, 4.69) is 17.3 Å². The lowest BCUT2D eigenvalue weighted by Gasteiger charge is -2.32. The number of nitrogens with two attached hydrogens (primary N) is 1. The van der Waals surface area contributed by atoms with Crippen LogP contribution in [-0.2, 0) is 14.0 Å². The van der Waals surface area contributed by atoms with Crippen LogP contribution >= 0.6 is 0 Å². The molecule has 35 heavy (non-hydrogen) atoms. The van der Waals surface area contributed by atoms with Crippen molar-refractivity contribution in [1.82, 2.24) is 9.78 Å². The van der Waals surface area contributed by atoms with E-state index in [1.807, 2.05) is 32.4 Å². The zero-order valence-electron chi connectivity index (χ0n) is 21.4. The van der Waals surface area contributed by atoms with Gasteiger partial charge in [0, 0.05) is 11.9 Å². The van der Waals surface area contributed by atoms with Crippen molar-refractivity contribution in [3.05, 3.63) is 35.5 Å². The van der Waals surface area contributed by atoms with E-state index in [0.29, 0.717) is 34.0 Å². The maximum Gasteiger partial charge on any atom is 0.495 e. The number of rotatable bonds is 6. The number of esters is 1. The average molecular weight is 482 g/mol. The fourth-order valence-electron chi connectivity index (χ4n) is 4.76. The first-order valence-corrected chi connectivity index (χ1v) is 12.2. The molecule has 1 aliphatic carbocycles. The smallest absolute Gasteiger partial charge is 0.465 e. The van der Waals surface area contributed by atoms with Gasteiger partial charge in [-0.25, -0.2) is 4.79 Å². The first-order chi connectivity index (χ1) is 16.4. The van der Waals surface area contributed by atoms with E-state index in [1.54, 1.807) is 24.4 Å². The van der Waals surface area contributed by atoms with Gasteiger partial charge in [-0.2, -0.15) is 5.10 Å². The molecule has 2 fully saturated rings. The lowest BCUT2D eigenvalue weighted by Crippen LogP contribution is -2.41. The monoisotopic (exact) mass is 482 g/mol. The number of primary amides is 1. The molecule has 1 saturated carbocycles. The lowest BCUT2D eigenvalue weighted by molar-refractivity contribution is 0.00578. The van der Waals surface area contributed by atoms with Gasteiger partial charge in [-0.3, -0.25) is 9.48 Å². The van der Waals surface area contributed by atoms with Crippen LogP contribution < -0.4 is 16.5 Å². The summed E-state index contributed by atoms with van der Waals surface area (Å²) in [5.74, 6) is -0.267. The number of anilines is 2. The van der Waals surface area contributed by atoms with Crippen molar-refractivity contribution in [1.29, 1.82) is 0 Å². The lowest BCUT2D eigenvalue weighted by atomic mass is 9.75. The van der Waals surface area contributed by atoms with Crippen molar-refractivity contribution in [3.63, 3.8) is 0 Å². The third-order valence-electron chi connectivity index (χ3n) is 7.63. The molecular formula is C25H35BN4O5. The van der Waals surface area contributed by atoms with Crippen LogP contribution in [0.25, 0.3) is 0 Å². The second-order valence-corrected chi connectivity index (χ2v) is 10.6. The third kappa shape index (κ3) is 4.82. The number of carbonyl (C=O) groups is 2. The van der Waals surface area contributed by atoms with E-state index in [1.165, 1.54) is 13.5 Å². The van der Waals surface area contributed by atoms with Gasteiger partial charge in [-0.1, -0.05) is 25.8 Å². The summed E-state index contributed by atoms with van der Waals surface area (Å²) < 4.78 is 19.2. The van der Waals surface area contributed by atoms with E-state index in [4.69, 9.17) is 19.8 Å². The molecule has 0 bridgehead atoms. The molecule has 2 heterocycles. The highest BCUT2D eigenvalue weighted by molar-refractivity contribution is 6.63. The molecule has 1 saturated heterocycles. The number of hydrogen-bond acceptors (Lipinski definition) is 7. The number of amides is 1. The molecular weight excluding hydrogens is 447 g/mol. The Morgan fingerprint density at radius 3 is 2.40 bits per heavy atom. The van der Waals surface area contributed by atoms with Crippen LogP contribution in [-0.4, -0.2) is 47.1 Å². The Morgan fingerprint density at radius 2 is 1.80 bits per heavy atom. The first kappa shape index (κ1) is 25.3. The fraction of sp³-hybridized carbons (Fsp3) is 0.560. The van der Waals surface area contributed by atoms with Crippen molar-refractivity contribution < 1.29 is 23.6 Å². The maximum absolute atomic E-state index is 12.7. The van der Waals surface area contributed by atoms with Crippen LogP contribution in [0.1, 0.15) is 87.1 Å².